The van der Waals surface area contributed by atoms with Gasteiger partial charge in [0, 0.05) is 32.3 Å². The van der Waals surface area contributed by atoms with Gasteiger partial charge in [-0.3, -0.25) is 4.79 Å². The van der Waals surface area contributed by atoms with Gasteiger partial charge in [-0.05, 0) is 35.6 Å². The molecule has 1 saturated carbocycles. The van der Waals surface area contributed by atoms with E-state index in [0.717, 1.165) is 22.4 Å². The fourth-order valence-corrected chi connectivity index (χ4v) is 6.30. The minimum atomic E-state index is -5.13. The van der Waals surface area contributed by atoms with E-state index in [-0.39, 0.29) is 31.0 Å². The lowest BCUT2D eigenvalue weighted by Gasteiger charge is -2.31. The SMILES string of the molecule is CCCN(C(=O)C(F)(F)F)[C@H]1C[C@@H](n2cnc3c(NCc4ccc(-c5ccccc5C#N)cc4)nc(NCCc4c[nH]cn4)nc32)[C@H](O)[C@@H]1O. The Morgan fingerprint density at radius 2 is 1.88 bits per heavy atom. The summed E-state index contributed by atoms with van der Waals surface area (Å²) in [7, 11) is 0. The van der Waals surface area contributed by atoms with E-state index in [1.165, 1.54) is 10.9 Å². The van der Waals surface area contributed by atoms with Crippen molar-refractivity contribution in [3.05, 3.63) is 84.2 Å². The molecule has 1 fully saturated rings. The third-order valence-corrected chi connectivity index (χ3v) is 8.76. The first-order valence-electron chi connectivity index (χ1n) is 16.1. The molecule has 50 heavy (non-hydrogen) atoms. The van der Waals surface area contributed by atoms with Crippen molar-refractivity contribution in [2.75, 3.05) is 23.7 Å². The van der Waals surface area contributed by atoms with Gasteiger partial charge >= 0.3 is 12.1 Å². The van der Waals surface area contributed by atoms with Gasteiger partial charge in [0.1, 0.15) is 12.2 Å². The number of hydrogen-bond acceptors (Lipinski definition) is 10. The van der Waals surface area contributed by atoms with Crippen LogP contribution in [0.5, 0.6) is 0 Å². The van der Waals surface area contributed by atoms with Crippen molar-refractivity contribution >= 4 is 28.8 Å². The summed E-state index contributed by atoms with van der Waals surface area (Å²) in [5, 5.41) is 38.0. The van der Waals surface area contributed by atoms with Gasteiger partial charge in [0.25, 0.3) is 0 Å². The molecule has 4 atom stereocenters. The van der Waals surface area contributed by atoms with Crippen LogP contribution >= 0.6 is 0 Å². The number of hydrogen-bond donors (Lipinski definition) is 5. The van der Waals surface area contributed by atoms with Crippen LogP contribution in [-0.2, 0) is 17.8 Å². The average Bonchev–Trinajstić information content (AvgIpc) is 3.86. The molecule has 1 aliphatic rings. The molecule has 0 saturated heterocycles. The Morgan fingerprint density at radius 1 is 1.10 bits per heavy atom. The van der Waals surface area contributed by atoms with Crippen LogP contribution in [0, 0.1) is 11.3 Å². The normalized spacial score (nSPS) is 19.0. The molecule has 5 aromatic rings. The number of carbonyl (C=O) groups is 1. The Bertz CT molecular complexity index is 1980. The second-order valence-corrected chi connectivity index (χ2v) is 12.0. The summed E-state index contributed by atoms with van der Waals surface area (Å²) in [5.41, 5.74) is 4.62. The third-order valence-electron chi connectivity index (χ3n) is 8.76. The minimum absolute atomic E-state index is 0.161. The number of nitriles is 1. The van der Waals surface area contributed by atoms with Crippen molar-refractivity contribution in [2.45, 2.75) is 63.2 Å². The molecule has 2 aromatic carbocycles. The predicted molar refractivity (Wildman–Crippen MR) is 178 cm³/mol. The van der Waals surface area contributed by atoms with E-state index in [4.69, 9.17) is 0 Å². The van der Waals surface area contributed by atoms with Crippen LogP contribution in [0.4, 0.5) is 24.9 Å². The number of halogens is 3. The molecule has 1 aliphatic carbocycles. The number of H-pyrrole nitrogens is 1. The third kappa shape index (κ3) is 7.09. The van der Waals surface area contributed by atoms with Crippen molar-refractivity contribution in [1.29, 1.82) is 5.26 Å². The highest BCUT2D eigenvalue weighted by Crippen LogP contribution is 2.38. The number of aliphatic hydroxyl groups excluding tert-OH is 2. The van der Waals surface area contributed by atoms with E-state index >= 15 is 0 Å². The molecular formula is C34H35F3N10O3. The fraction of sp³-hybridized carbons (Fsp3) is 0.353. The zero-order chi connectivity index (χ0) is 35.4. The second-order valence-electron chi connectivity index (χ2n) is 12.0. The molecule has 260 valence electrons. The molecule has 3 aromatic heterocycles. The summed E-state index contributed by atoms with van der Waals surface area (Å²) in [6.45, 7) is 2.15. The summed E-state index contributed by atoms with van der Waals surface area (Å²) in [6, 6.07) is 15.0. The molecule has 0 spiro atoms. The largest absolute Gasteiger partial charge is 0.471 e. The Kier molecular flexibility index (Phi) is 9.98. The van der Waals surface area contributed by atoms with Gasteiger partial charge < -0.3 is 35.3 Å². The molecule has 16 heteroatoms. The van der Waals surface area contributed by atoms with E-state index in [1.54, 1.807) is 25.5 Å². The van der Waals surface area contributed by atoms with Crippen molar-refractivity contribution in [1.82, 2.24) is 34.4 Å². The number of aliphatic hydroxyl groups is 2. The van der Waals surface area contributed by atoms with Crippen molar-refractivity contribution in [2.24, 2.45) is 0 Å². The van der Waals surface area contributed by atoms with E-state index in [1.807, 2.05) is 42.5 Å². The first-order valence-corrected chi connectivity index (χ1v) is 16.1. The van der Waals surface area contributed by atoms with Crippen LogP contribution < -0.4 is 10.6 Å². The maximum absolute atomic E-state index is 13.5. The van der Waals surface area contributed by atoms with Crippen LogP contribution in [0.15, 0.2) is 67.4 Å². The predicted octanol–water partition coefficient (Wildman–Crippen LogP) is 4.19. The number of nitrogens with zero attached hydrogens (tertiary/aromatic N) is 7. The molecule has 0 radical (unpaired) electrons. The highest BCUT2D eigenvalue weighted by molar-refractivity contribution is 5.85. The summed E-state index contributed by atoms with van der Waals surface area (Å²) < 4.78 is 42.0. The second kappa shape index (κ2) is 14.5. The molecule has 5 N–H and O–H groups in total. The van der Waals surface area contributed by atoms with Crippen LogP contribution in [0.2, 0.25) is 0 Å². The van der Waals surface area contributed by atoms with Crippen LogP contribution in [0.3, 0.4) is 0 Å². The molecule has 0 aliphatic heterocycles. The quantitative estimate of drug-likeness (QED) is 0.128. The van der Waals surface area contributed by atoms with Crippen LogP contribution in [-0.4, -0.2) is 88.0 Å². The minimum Gasteiger partial charge on any atom is -0.388 e. The Morgan fingerprint density at radius 3 is 2.58 bits per heavy atom. The van der Waals surface area contributed by atoms with Crippen LogP contribution in [0.25, 0.3) is 22.3 Å². The number of carbonyl (C=O) groups excluding carboxylic acids is 1. The van der Waals surface area contributed by atoms with Gasteiger partial charge in [-0.15, -0.1) is 0 Å². The number of benzene rings is 2. The van der Waals surface area contributed by atoms with Gasteiger partial charge in [0.2, 0.25) is 5.95 Å². The average molecular weight is 689 g/mol. The first kappa shape index (κ1) is 34.3. The summed E-state index contributed by atoms with van der Waals surface area (Å²) >= 11 is 0. The molecule has 0 unspecified atom stereocenters. The highest BCUT2D eigenvalue weighted by atomic mass is 19.4. The van der Waals surface area contributed by atoms with E-state index < -0.39 is 36.4 Å². The summed E-state index contributed by atoms with van der Waals surface area (Å²) in [6.07, 6.45) is -2.91. The monoisotopic (exact) mass is 688 g/mol. The van der Waals surface area contributed by atoms with E-state index in [2.05, 4.69) is 41.6 Å². The smallest absolute Gasteiger partial charge is 0.388 e. The summed E-state index contributed by atoms with van der Waals surface area (Å²) in [4.78, 5) is 33.8. The van der Waals surface area contributed by atoms with Crippen molar-refractivity contribution in [3.8, 4) is 17.2 Å². The lowest BCUT2D eigenvalue weighted by molar-refractivity contribution is -0.190. The maximum atomic E-state index is 13.5. The molecule has 3 heterocycles. The fourth-order valence-electron chi connectivity index (χ4n) is 6.30. The van der Waals surface area contributed by atoms with Crippen LogP contribution in [0.1, 0.15) is 42.6 Å². The molecule has 6 rings (SSSR count). The number of aromatic nitrogens is 6. The van der Waals surface area contributed by atoms with Crippen molar-refractivity contribution in [3.63, 3.8) is 0 Å². The first-order chi connectivity index (χ1) is 24.1. The lowest BCUT2D eigenvalue weighted by Crippen LogP contribution is -2.51. The Hall–Kier alpha value is -5.53. The van der Waals surface area contributed by atoms with Gasteiger partial charge in [-0.25, -0.2) is 9.97 Å². The van der Waals surface area contributed by atoms with Gasteiger partial charge in [-0.2, -0.15) is 28.4 Å². The zero-order valence-electron chi connectivity index (χ0n) is 27.0. The van der Waals surface area contributed by atoms with Gasteiger partial charge in [-0.1, -0.05) is 49.4 Å². The number of aromatic amines is 1. The number of fused-ring (bicyclic) bond motifs is 1. The topological polar surface area (TPSA) is 181 Å². The van der Waals surface area contributed by atoms with Crippen molar-refractivity contribution < 1.29 is 28.2 Å². The highest BCUT2D eigenvalue weighted by Gasteiger charge is 2.51. The van der Waals surface area contributed by atoms with Gasteiger partial charge in [0.15, 0.2) is 17.0 Å². The molecular weight excluding hydrogens is 653 g/mol. The van der Waals surface area contributed by atoms with E-state index in [0.29, 0.717) is 41.3 Å². The number of imidazole rings is 2. The van der Waals surface area contributed by atoms with Gasteiger partial charge in [0.05, 0.1) is 42.1 Å². The molecule has 13 nitrogen and oxygen atoms in total. The number of alkyl halides is 3. The lowest BCUT2D eigenvalue weighted by atomic mass is 9.99. The number of nitrogens with one attached hydrogen (secondary N) is 3. The zero-order valence-corrected chi connectivity index (χ0v) is 27.0. The Labute approximate surface area is 284 Å². The maximum Gasteiger partial charge on any atom is 0.471 e. The standard InChI is InChI=1S/C34H35F3N10O3/c1-2-13-46(32(50)34(35,36)37)25-14-26(29(49)28(25)48)47-19-43-27-30(44-33(45-31(27)47)40-12-11-23-17-39-18-42-23)41-16-20-7-9-21(10-8-20)24-6-4-3-5-22(24)15-38/h3-10,17-19,25-26,28-29,48-49H,2,11-14,16H2,1H3,(H,39,42)(H2,40,41,44,45)/t25-,26+,28+,29-/m0/s1. The van der Waals surface area contributed by atoms with E-state index in [9.17, 15) is 33.4 Å². The molecule has 0 bridgehead atoms. The molecule has 1 amide bonds. The Balaban J connectivity index is 1.28. The number of amides is 1. The summed E-state index contributed by atoms with van der Waals surface area (Å²) in [5.74, 6) is -1.48. The number of anilines is 2. The number of rotatable bonds is 12.